The van der Waals surface area contributed by atoms with Crippen molar-refractivity contribution in [3.05, 3.63) is 62.8 Å². The van der Waals surface area contributed by atoms with Crippen LogP contribution >= 0.6 is 23.2 Å². The van der Waals surface area contributed by atoms with Crippen LogP contribution in [0.25, 0.3) is 10.9 Å². The highest BCUT2D eigenvalue weighted by molar-refractivity contribution is 6.38. The van der Waals surface area contributed by atoms with Gasteiger partial charge in [-0.05, 0) is 61.1 Å². The molecule has 0 bridgehead atoms. The quantitative estimate of drug-likeness (QED) is 0.371. The van der Waals surface area contributed by atoms with E-state index in [-0.39, 0.29) is 11.7 Å². The molecule has 1 aliphatic heterocycles. The van der Waals surface area contributed by atoms with Crippen LogP contribution in [0.4, 0.5) is 13.2 Å². The molecule has 34 heavy (non-hydrogen) atoms. The van der Waals surface area contributed by atoms with Crippen LogP contribution in [0.2, 0.25) is 10.0 Å². The van der Waals surface area contributed by atoms with Crippen molar-refractivity contribution in [1.29, 1.82) is 0 Å². The van der Waals surface area contributed by atoms with Gasteiger partial charge in [-0.1, -0.05) is 30.1 Å². The molecular formula is C25H25Cl2F3N2O2. The third-order valence-corrected chi connectivity index (χ3v) is 7.18. The van der Waals surface area contributed by atoms with Crippen molar-refractivity contribution in [2.45, 2.75) is 39.5 Å². The summed E-state index contributed by atoms with van der Waals surface area (Å²) in [4.78, 5) is 15.0. The van der Waals surface area contributed by atoms with E-state index in [0.29, 0.717) is 57.7 Å². The molecule has 0 radical (unpaired) electrons. The molecule has 1 atom stereocenters. The van der Waals surface area contributed by atoms with E-state index in [1.165, 1.54) is 12.1 Å². The molecule has 0 unspecified atom stereocenters. The third-order valence-electron chi connectivity index (χ3n) is 6.39. The molecule has 1 saturated heterocycles. The van der Waals surface area contributed by atoms with E-state index in [1.807, 2.05) is 11.0 Å². The van der Waals surface area contributed by atoms with Crippen LogP contribution in [0, 0.1) is 12.8 Å². The fourth-order valence-electron chi connectivity index (χ4n) is 4.64. The van der Waals surface area contributed by atoms with Crippen molar-refractivity contribution in [3.8, 4) is 5.75 Å². The molecule has 2 aromatic carbocycles. The number of fused-ring (bicyclic) bond motifs is 1. The van der Waals surface area contributed by atoms with Gasteiger partial charge in [-0.25, -0.2) is 0 Å². The van der Waals surface area contributed by atoms with Crippen LogP contribution < -0.4 is 4.74 Å². The van der Waals surface area contributed by atoms with E-state index in [1.54, 1.807) is 30.7 Å². The van der Waals surface area contributed by atoms with Gasteiger partial charge in [0.2, 0.25) is 0 Å². The van der Waals surface area contributed by atoms with Crippen molar-refractivity contribution in [1.82, 2.24) is 9.47 Å². The minimum absolute atomic E-state index is 0.115. The zero-order valence-electron chi connectivity index (χ0n) is 19.1. The van der Waals surface area contributed by atoms with E-state index in [2.05, 4.69) is 11.7 Å². The smallest absolute Gasteiger partial charge is 0.406 e. The largest absolute Gasteiger partial charge is 0.573 e. The summed E-state index contributed by atoms with van der Waals surface area (Å²) in [5.74, 6) is 0.0504. The number of benzene rings is 2. The number of halogens is 5. The number of ether oxygens (including phenoxy) is 1. The third kappa shape index (κ3) is 5.01. The topological polar surface area (TPSA) is 34.5 Å². The molecule has 9 heteroatoms. The molecule has 182 valence electrons. The van der Waals surface area contributed by atoms with E-state index in [0.717, 1.165) is 23.9 Å². The monoisotopic (exact) mass is 512 g/mol. The first-order valence-electron chi connectivity index (χ1n) is 11.1. The molecule has 4 nitrogen and oxygen atoms in total. The van der Waals surface area contributed by atoms with Crippen molar-refractivity contribution in [2.24, 2.45) is 13.0 Å². The lowest BCUT2D eigenvalue weighted by Crippen LogP contribution is -2.39. The number of carbonyl (C=O) groups excluding carboxylic acids is 1. The second kappa shape index (κ2) is 9.34. The lowest BCUT2D eigenvalue weighted by molar-refractivity contribution is -0.274. The Morgan fingerprint density at radius 3 is 2.62 bits per heavy atom. The molecule has 4 rings (SSSR count). The summed E-state index contributed by atoms with van der Waals surface area (Å²) in [5.41, 5.74) is 3.05. The highest BCUT2D eigenvalue weighted by atomic mass is 35.5. The number of likely N-dealkylation sites (tertiary alicyclic amines) is 1. The molecule has 2 heterocycles. The Hall–Kier alpha value is -2.38. The molecule has 0 N–H and O–H groups in total. The number of aromatic nitrogens is 1. The van der Waals surface area contributed by atoms with Gasteiger partial charge in [-0.2, -0.15) is 0 Å². The van der Waals surface area contributed by atoms with Gasteiger partial charge in [0.25, 0.3) is 5.91 Å². The fraction of sp³-hybridized carbons (Fsp3) is 0.400. The van der Waals surface area contributed by atoms with E-state index < -0.39 is 6.36 Å². The van der Waals surface area contributed by atoms with Gasteiger partial charge >= 0.3 is 6.36 Å². The average Bonchev–Trinajstić information content (AvgIpc) is 3.05. The Kier molecular flexibility index (Phi) is 6.80. The summed E-state index contributed by atoms with van der Waals surface area (Å²) < 4.78 is 44.1. The first-order chi connectivity index (χ1) is 15.9. The summed E-state index contributed by atoms with van der Waals surface area (Å²) in [7, 11) is 1.76. The number of rotatable bonds is 4. The number of aryl methyl sites for hydroxylation is 2. The number of hydrogen-bond donors (Lipinski definition) is 0. The van der Waals surface area contributed by atoms with Gasteiger partial charge in [0, 0.05) is 48.7 Å². The van der Waals surface area contributed by atoms with Gasteiger partial charge in [0.15, 0.2) is 0 Å². The molecule has 1 fully saturated rings. The number of hydrogen-bond acceptors (Lipinski definition) is 2. The number of carbonyl (C=O) groups is 1. The Balaban J connectivity index is 1.69. The van der Waals surface area contributed by atoms with Crippen molar-refractivity contribution < 1.29 is 22.7 Å². The summed E-state index contributed by atoms with van der Waals surface area (Å²) in [6, 6.07) is 7.95. The van der Waals surface area contributed by atoms with Crippen LogP contribution in [0.5, 0.6) is 5.75 Å². The van der Waals surface area contributed by atoms with Gasteiger partial charge in [-0.3, -0.25) is 4.79 Å². The fourth-order valence-corrected chi connectivity index (χ4v) is 5.23. The van der Waals surface area contributed by atoms with Crippen molar-refractivity contribution in [3.63, 3.8) is 0 Å². The van der Waals surface area contributed by atoms with Crippen LogP contribution in [0.15, 0.2) is 30.3 Å². The highest BCUT2D eigenvalue weighted by Gasteiger charge is 2.31. The predicted molar refractivity (Wildman–Crippen MR) is 128 cm³/mol. The maximum atomic E-state index is 13.2. The van der Waals surface area contributed by atoms with Gasteiger partial charge in [-0.15, -0.1) is 13.2 Å². The van der Waals surface area contributed by atoms with E-state index >= 15 is 0 Å². The van der Waals surface area contributed by atoms with Gasteiger partial charge in [0.05, 0.1) is 16.1 Å². The second-order valence-electron chi connectivity index (χ2n) is 8.98. The summed E-state index contributed by atoms with van der Waals surface area (Å²) in [6.07, 6.45) is -2.40. The van der Waals surface area contributed by atoms with Gasteiger partial charge in [0.1, 0.15) is 5.75 Å². The van der Waals surface area contributed by atoms with Crippen molar-refractivity contribution in [2.75, 3.05) is 13.1 Å². The van der Waals surface area contributed by atoms with E-state index in [4.69, 9.17) is 23.2 Å². The standard InChI is InChI=1S/C25H25Cl2F3N2O2/c1-14-5-4-8-32(13-14)24(33)18-6-7-21(26)20(23(18)27)11-16-10-19-15(2)9-17(34-25(28,29)30)12-22(19)31(16)3/h6-7,9-10,12,14H,4-5,8,11,13H2,1-3H3/t14-/m0/s1. The number of piperidine rings is 1. The summed E-state index contributed by atoms with van der Waals surface area (Å²) in [6.45, 7) is 5.25. The highest BCUT2D eigenvalue weighted by Crippen LogP contribution is 2.35. The molecule has 0 aliphatic carbocycles. The second-order valence-corrected chi connectivity index (χ2v) is 9.76. The zero-order chi connectivity index (χ0) is 24.8. The lowest BCUT2D eigenvalue weighted by atomic mass is 9.98. The first-order valence-corrected chi connectivity index (χ1v) is 11.8. The van der Waals surface area contributed by atoms with Crippen LogP contribution in [0.1, 0.15) is 46.9 Å². The first kappa shape index (κ1) is 24.7. The van der Waals surface area contributed by atoms with Crippen LogP contribution in [0.3, 0.4) is 0 Å². The lowest BCUT2D eigenvalue weighted by Gasteiger charge is -2.31. The maximum Gasteiger partial charge on any atom is 0.573 e. The minimum Gasteiger partial charge on any atom is -0.406 e. The van der Waals surface area contributed by atoms with Crippen LogP contribution in [-0.2, 0) is 13.5 Å². The molecule has 1 aromatic heterocycles. The van der Waals surface area contributed by atoms with Crippen molar-refractivity contribution >= 4 is 40.0 Å². The number of alkyl halides is 3. The minimum atomic E-state index is -4.77. The molecule has 3 aromatic rings. The maximum absolute atomic E-state index is 13.2. The molecule has 1 aliphatic rings. The summed E-state index contributed by atoms with van der Waals surface area (Å²) in [5, 5.41) is 1.53. The Morgan fingerprint density at radius 2 is 1.94 bits per heavy atom. The van der Waals surface area contributed by atoms with Crippen LogP contribution in [-0.4, -0.2) is 34.8 Å². The predicted octanol–water partition coefficient (Wildman–Crippen LogP) is 7.16. The molecular weight excluding hydrogens is 488 g/mol. The SMILES string of the molecule is Cc1cc(OC(F)(F)F)cc2c1cc(Cc1c(Cl)ccc(C(=O)N3CCC[C@H](C)C3)c1Cl)n2C. The number of nitrogens with zero attached hydrogens (tertiary/aromatic N) is 2. The zero-order valence-corrected chi connectivity index (χ0v) is 20.6. The molecule has 0 saturated carbocycles. The van der Waals surface area contributed by atoms with Gasteiger partial charge < -0.3 is 14.2 Å². The Labute approximate surface area is 206 Å². The average molecular weight is 513 g/mol. The summed E-state index contributed by atoms with van der Waals surface area (Å²) >= 11 is 13.2. The Bertz CT molecular complexity index is 1250. The van der Waals surface area contributed by atoms with E-state index in [9.17, 15) is 18.0 Å². The number of amides is 1. The normalized spacial score (nSPS) is 16.8. The molecule has 1 amide bonds. The molecule has 0 spiro atoms. The Morgan fingerprint density at radius 1 is 1.21 bits per heavy atom.